The van der Waals surface area contributed by atoms with Crippen LogP contribution in [0.2, 0.25) is 0 Å². The smallest absolute Gasteiger partial charge is 0.326 e. The summed E-state index contributed by atoms with van der Waals surface area (Å²) in [6.07, 6.45) is 1.47. The zero-order valence-electron chi connectivity index (χ0n) is 20.3. The van der Waals surface area contributed by atoms with Gasteiger partial charge in [0.25, 0.3) is 0 Å². The summed E-state index contributed by atoms with van der Waals surface area (Å²) in [7, 11) is 1.50. The van der Waals surface area contributed by atoms with E-state index in [1.165, 1.54) is 13.4 Å². The molecular formula is C24H26N8O5. The van der Waals surface area contributed by atoms with Gasteiger partial charge in [0, 0.05) is 48.7 Å². The van der Waals surface area contributed by atoms with Crippen LogP contribution in [-0.4, -0.2) is 59.6 Å². The molecule has 0 atom stereocenters. The van der Waals surface area contributed by atoms with E-state index >= 15 is 0 Å². The number of methoxy groups -OCH3 is 1. The second kappa shape index (κ2) is 10.9. The summed E-state index contributed by atoms with van der Waals surface area (Å²) in [5, 5.41) is 15.9. The van der Waals surface area contributed by atoms with E-state index in [0.29, 0.717) is 53.6 Å². The van der Waals surface area contributed by atoms with Crippen molar-refractivity contribution < 1.29 is 23.4 Å². The minimum Gasteiger partial charge on any atom is -0.493 e. The van der Waals surface area contributed by atoms with Crippen molar-refractivity contribution in [3.05, 3.63) is 54.4 Å². The molecule has 4 N–H and O–H groups in total. The van der Waals surface area contributed by atoms with Crippen molar-refractivity contribution >= 4 is 35.1 Å². The molecule has 0 aliphatic carbocycles. The van der Waals surface area contributed by atoms with E-state index in [4.69, 9.17) is 18.6 Å². The quantitative estimate of drug-likeness (QED) is 0.274. The van der Waals surface area contributed by atoms with Gasteiger partial charge in [0.1, 0.15) is 11.6 Å². The largest absolute Gasteiger partial charge is 0.493 e. The molecule has 1 aliphatic rings. The fourth-order valence-electron chi connectivity index (χ4n) is 3.67. The third kappa shape index (κ3) is 6.08. The van der Waals surface area contributed by atoms with Crippen LogP contribution in [0.15, 0.2) is 53.1 Å². The molecule has 0 saturated carbocycles. The van der Waals surface area contributed by atoms with E-state index in [1.54, 1.807) is 36.4 Å². The molecule has 0 unspecified atom stereocenters. The van der Waals surface area contributed by atoms with Gasteiger partial charge in [0.2, 0.25) is 5.88 Å². The van der Waals surface area contributed by atoms with Gasteiger partial charge >= 0.3 is 12.0 Å². The van der Waals surface area contributed by atoms with Gasteiger partial charge in [-0.1, -0.05) is 0 Å². The fourth-order valence-corrected chi connectivity index (χ4v) is 3.67. The first-order valence-electron chi connectivity index (χ1n) is 11.5. The molecule has 0 bridgehead atoms. The number of carbonyl (C=O) groups excluding carboxylic acids is 1. The molecule has 1 aromatic carbocycles. The van der Waals surface area contributed by atoms with Gasteiger partial charge in [-0.05, 0) is 25.1 Å². The number of carbonyl (C=O) groups is 1. The summed E-state index contributed by atoms with van der Waals surface area (Å²) in [5.74, 6) is 3.16. The van der Waals surface area contributed by atoms with Crippen LogP contribution >= 0.6 is 0 Å². The number of ether oxygens (including phenoxy) is 3. The van der Waals surface area contributed by atoms with Crippen LogP contribution in [0.5, 0.6) is 17.5 Å². The maximum Gasteiger partial charge on any atom is 0.326 e. The number of nitrogens with zero attached hydrogens (tertiary/aromatic N) is 4. The summed E-state index contributed by atoms with van der Waals surface area (Å²) in [6, 6.07) is 11.7. The van der Waals surface area contributed by atoms with E-state index in [2.05, 4.69) is 41.0 Å². The molecule has 0 radical (unpaired) electrons. The van der Waals surface area contributed by atoms with E-state index in [0.717, 1.165) is 18.9 Å². The van der Waals surface area contributed by atoms with Gasteiger partial charge < -0.3 is 34.2 Å². The van der Waals surface area contributed by atoms with E-state index in [-0.39, 0.29) is 6.01 Å². The number of hydrogen-bond donors (Lipinski definition) is 4. The first kappa shape index (κ1) is 23.9. The number of aryl methyl sites for hydroxylation is 1. The van der Waals surface area contributed by atoms with Crippen molar-refractivity contribution in [2.24, 2.45) is 0 Å². The Bertz CT molecular complexity index is 1350. The highest BCUT2D eigenvalue weighted by Gasteiger charge is 2.16. The Morgan fingerprint density at radius 2 is 1.95 bits per heavy atom. The predicted molar refractivity (Wildman–Crippen MR) is 136 cm³/mol. The molecule has 13 nitrogen and oxygen atoms in total. The van der Waals surface area contributed by atoms with Crippen molar-refractivity contribution in [3.63, 3.8) is 0 Å². The Morgan fingerprint density at radius 1 is 1.08 bits per heavy atom. The summed E-state index contributed by atoms with van der Waals surface area (Å²) >= 11 is 0. The second-order valence-electron chi connectivity index (χ2n) is 8.07. The van der Waals surface area contributed by atoms with Crippen molar-refractivity contribution in [2.75, 3.05) is 54.3 Å². The highest BCUT2D eigenvalue weighted by Crippen LogP contribution is 2.33. The minimum atomic E-state index is -0.459. The van der Waals surface area contributed by atoms with E-state index in [1.807, 2.05) is 13.0 Å². The monoisotopic (exact) mass is 506 g/mol. The molecule has 37 heavy (non-hydrogen) atoms. The number of aromatic nitrogens is 4. The van der Waals surface area contributed by atoms with Gasteiger partial charge in [0.15, 0.2) is 17.3 Å². The highest BCUT2D eigenvalue weighted by molar-refractivity contribution is 5.99. The Balaban J connectivity index is 1.26. The van der Waals surface area contributed by atoms with Crippen LogP contribution in [0.25, 0.3) is 0 Å². The normalized spacial score (nSPS) is 13.2. The van der Waals surface area contributed by atoms with Crippen LogP contribution in [0.3, 0.4) is 0 Å². The lowest BCUT2D eigenvalue weighted by atomic mass is 10.2. The molecule has 4 aromatic rings. The highest BCUT2D eigenvalue weighted by atomic mass is 16.5. The Morgan fingerprint density at radius 3 is 2.73 bits per heavy atom. The molecule has 2 amide bonds. The van der Waals surface area contributed by atoms with Crippen LogP contribution in [0.4, 0.5) is 33.8 Å². The SMILES string of the molecule is COc1cc(NC(=O)Nc2ccco2)ccc1Oc1nc(C)cc(Nc2cc(N3CCOCC3)n[nH]2)n1. The number of hydrogen-bond acceptors (Lipinski definition) is 10. The van der Waals surface area contributed by atoms with Crippen LogP contribution in [-0.2, 0) is 4.74 Å². The number of benzene rings is 1. The molecule has 5 rings (SSSR count). The van der Waals surface area contributed by atoms with Gasteiger partial charge in [0.05, 0.1) is 26.6 Å². The molecule has 0 spiro atoms. The lowest BCUT2D eigenvalue weighted by Crippen LogP contribution is -2.36. The van der Waals surface area contributed by atoms with Gasteiger partial charge in [-0.25, -0.2) is 9.78 Å². The van der Waals surface area contributed by atoms with Gasteiger partial charge in [-0.15, -0.1) is 0 Å². The van der Waals surface area contributed by atoms with E-state index < -0.39 is 6.03 Å². The van der Waals surface area contributed by atoms with Crippen molar-refractivity contribution in [2.45, 2.75) is 6.92 Å². The number of morpholine rings is 1. The first-order chi connectivity index (χ1) is 18.1. The molecule has 3 aromatic heterocycles. The number of furan rings is 1. The summed E-state index contributed by atoms with van der Waals surface area (Å²) < 4.78 is 21.9. The zero-order valence-corrected chi connectivity index (χ0v) is 20.3. The number of H-pyrrole nitrogens is 1. The van der Waals surface area contributed by atoms with Crippen molar-refractivity contribution in [1.29, 1.82) is 0 Å². The number of nitrogens with one attached hydrogen (secondary N) is 4. The Hall–Kier alpha value is -4.78. The molecular weight excluding hydrogens is 480 g/mol. The Labute approximate surface area is 212 Å². The third-order valence-corrected chi connectivity index (χ3v) is 5.38. The van der Waals surface area contributed by atoms with Crippen LogP contribution in [0, 0.1) is 6.92 Å². The molecule has 1 aliphatic heterocycles. The van der Waals surface area contributed by atoms with Gasteiger partial charge in [-0.3, -0.25) is 10.4 Å². The van der Waals surface area contributed by atoms with Crippen LogP contribution in [0.1, 0.15) is 5.69 Å². The van der Waals surface area contributed by atoms with Gasteiger partial charge in [-0.2, -0.15) is 10.1 Å². The zero-order chi connectivity index (χ0) is 25.6. The molecule has 192 valence electrons. The summed E-state index contributed by atoms with van der Waals surface area (Å²) in [4.78, 5) is 23.2. The molecule has 1 saturated heterocycles. The maximum atomic E-state index is 12.2. The maximum absolute atomic E-state index is 12.2. The first-order valence-corrected chi connectivity index (χ1v) is 11.5. The molecule has 13 heteroatoms. The van der Waals surface area contributed by atoms with Crippen molar-refractivity contribution in [1.82, 2.24) is 20.2 Å². The number of aromatic amines is 1. The molecule has 1 fully saturated rings. The van der Waals surface area contributed by atoms with E-state index in [9.17, 15) is 4.79 Å². The average molecular weight is 507 g/mol. The summed E-state index contributed by atoms with van der Waals surface area (Å²) in [5.41, 5.74) is 1.20. The Kier molecular flexibility index (Phi) is 7.03. The lowest BCUT2D eigenvalue weighted by molar-refractivity contribution is 0.122. The number of amides is 2. The van der Waals surface area contributed by atoms with Crippen molar-refractivity contribution in [3.8, 4) is 17.5 Å². The number of urea groups is 1. The predicted octanol–water partition coefficient (Wildman–Crippen LogP) is 4.13. The second-order valence-corrected chi connectivity index (χ2v) is 8.07. The molecule has 4 heterocycles. The number of anilines is 5. The lowest BCUT2D eigenvalue weighted by Gasteiger charge is -2.26. The minimum absolute atomic E-state index is 0.130. The summed E-state index contributed by atoms with van der Waals surface area (Å²) in [6.45, 7) is 4.78. The fraction of sp³-hybridized carbons (Fsp3) is 0.250. The topological polar surface area (TPSA) is 152 Å². The average Bonchev–Trinajstić information content (AvgIpc) is 3.57. The third-order valence-electron chi connectivity index (χ3n) is 5.38. The standard InChI is InChI=1S/C24H26N8O5/c1-15-12-19(27-20-14-21(31-30-20)32-7-10-35-11-8-32)28-24(25-15)37-17-6-5-16(13-18(17)34-2)26-23(33)29-22-4-3-9-36-22/h3-6,9,12-14H,7-8,10-11H2,1-2H3,(H2,26,29,33)(H2,25,27,28,30,31). The number of rotatable bonds is 8. The van der Waals surface area contributed by atoms with Crippen LogP contribution < -0.4 is 30.3 Å².